The van der Waals surface area contributed by atoms with Gasteiger partial charge < -0.3 is 24.0 Å². The van der Waals surface area contributed by atoms with Crippen LogP contribution in [0.2, 0.25) is 10.0 Å². The van der Waals surface area contributed by atoms with Crippen LogP contribution >= 0.6 is 35.6 Å². The van der Waals surface area contributed by atoms with Gasteiger partial charge in [0.15, 0.2) is 11.5 Å². The molecule has 0 aliphatic carbocycles. The number of hydrogen-bond acceptors (Lipinski definition) is 6. The Morgan fingerprint density at radius 1 is 1.00 bits per heavy atom. The Bertz CT molecular complexity index is 1020. The van der Waals surface area contributed by atoms with E-state index in [1.807, 2.05) is 7.05 Å². The Labute approximate surface area is 216 Å². The lowest BCUT2D eigenvalue weighted by Gasteiger charge is -2.22. The van der Waals surface area contributed by atoms with E-state index in [1.54, 1.807) is 42.3 Å². The normalized spacial score (nSPS) is 13.3. The molecule has 7 nitrogen and oxygen atoms in total. The summed E-state index contributed by atoms with van der Waals surface area (Å²) in [6, 6.07) is 8.55. The Kier molecular flexibility index (Phi) is 10.8. The first-order valence-corrected chi connectivity index (χ1v) is 11.4. The minimum atomic E-state index is -0.508. The van der Waals surface area contributed by atoms with Crippen LogP contribution in [0.15, 0.2) is 30.3 Å². The van der Waals surface area contributed by atoms with Gasteiger partial charge in [-0.1, -0.05) is 23.2 Å². The van der Waals surface area contributed by atoms with Crippen molar-refractivity contribution in [3.8, 4) is 17.2 Å². The SMILES string of the molecule is COc1cc2c(cc1OC)C(=O)C(=O)N(CCCN(C)CCOc1ccc(Cl)c(Cl)c1)CC2.Cl. The van der Waals surface area contributed by atoms with Gasteiger partial charge in [-0.25, -0.2) is 0 Å². The molecule has 34 heavy (non-hydrogen) atoms. The molecule has 1 heterocycles. The molecule has 0 spiro atoms. The van der Waals surface area contributed by atoms with E-state index in [4.69, 9.17) is 37.4 Å². The molecule has 0 fully saturated rings. The number of fused-ring (bicyclic) bond motifs is 1. The van der Waals surface area contributed by atoms with E-state index in [2.05, 4.69) is 4.90 Å². The van der Waals surface area contributed by atoms with Crippen molar-refractivity contribution in [1.82, 2.24) is 9.80 Å². The Morgan fingerprint density at radius 2 is 1.71 bits per heavy atom. The first-order valence-electron chi connectivity index (χ1n) is 10.7. The van der Waals surface area contributed by atoms with Gasteiger partial charge in [0.1, 0.15) is 12.4 Å². The Balaban J connectivity index is 0.00000408. The fraction of sp³-hybridized carbons (Fsp3) is 0.417. The van der Waals surface area contributed by atoms with Crippen LogP contribution in [-0.2, 0) is 11.2 Å². The van der Waals surface area contributed by atoms with Crippen LogP contribution in [0.3, 0.4) is 0 Å². The number of halogens is 3. The third-order valence-corrected chi connectivity index (χ3v) is 6.33. The van der Waals surface area contributed by atoms with Gasteiger partial charge in [0.25, 0.3) is 11.7 Å². The van der Waals surface area contributed by atoms with E-state index >= 15 is 0 Å². The number of likely N-dealkylation sites (N-methyl/N-ethyl adjacent to an activating group) is 1. The number of carbonyl (C=O) groups excluding carboxylic acids is 2. The summed E-state index contributed by atoms with van der Waals surface area (Å²) < 4.78 is 16.3. The summed E-state index contributed by atoms with van der Waals surface area (Å²) in [5.41, 5.74) is 1.18. The summed E-state index contributed by atoms with van der Waals surface area (Å²) in [4.78, 5) is 29.3. The second-order valence-electron chi connectivity index (χ2n) is 7.82. The molecule has 10 heteroatoms. The van der Waals surface area contributed by atoms with E-state index in [9.17, 15) is 9.59 Å². The van der Waals surface area contributed by atoms with Gasteiger partial charge in [-0.2, -0.15) is 0 Å². The lowest BCUT2D eigenvalue weighted by Crippen LogP contribution is -2.38. The van der Waals surface area contributed by atoms with Crippen LogP contribution < -0.4 is 14.2 Å². The number of rotatable bonds is 10. The van der Waals surface area contributed by atoms with Gasteiger partial charge in [-0.15, -0.1) is 12.4 Å². The molecule has 1 aliphatic heterocycles. The number of methoxy groups -OCH3 is 2. The van der Waals surface area contributed by atoms with E-state index in [0.717, 1.165) is 18.5 Å². The van der Waals surface area contributed by atoms with Gasteiger partial charge in [0, 0.05) is 31.3 Å². The van der Waals surface area contributed by atoms with Crippen LogP contribution in [0.1, 0.15) is 22.3 Å². The van der Waals surface area contributed by atoms with Crippen molar-refractivity contribution in [2.75, 3.05) is 54.1 Å². The fourth-order valence-electron chi connectivity index (χ4n) is 3.70. The van der Waals surface area contributed by atoms with Crippen LogP contribution in [0.25, 0.3) is 0 Å². The van der Waals surface area contributed by atoms with E-state index < -0.39 is 11.7 Å². The molecule has 2 aromatic carbocycles. The summed E-state index contributed by atoms with van der Waals surface area (Å²) in [5.74, 6) is 0.669. The average molecular weight is 532 g/mol. The van der Waals surface area contributed by atoms with Crippen molar-refractivity contribution < 1.29 is 23.8 Å². The number of carbonyl (C=O) groups is 2. The number of hydrogen-bond donors (Lipinski definition) is 0. The summed E-state index contributed by atoms with van der Waals surface area (Å²) in [7, 11) is 5.04. The maximum Gasteiger partial charge on any atom is 0.294 e. The summed E-state index contributed by atoms with van der Waals surface area (Å²) in [5, 5.41) is 0.947. The van der Waals surface area contributed by atoms with Crippen LogP contribution in [0, 0.1) is 0 Å². The highest BCUT2D eigenvalue weighted by atomic mass is 35.5. The van der Waals surface area contributed by atoms with Crippen molar-refractivity contribution in [2.24, 2.45) is 0 Å². The number of amides is 1. The minimum absolute atomic E-state index is 0. The van der Waals surface area contributed by atoms with Crippen molar-refractivity contribution in [1.29, 1.82) is 0 Å². The third-order valence-electron chi connectivity index (χ3n) is 5.59. The topological polar surface area (TPSA) is 68.3 Å². The zero-order valence-corrected chi connectivity index (χ0v) is 21.8. The molecule has 3 rings (SSSR count). The minimum Gasteiger partial charge on any atom is -0.493 e. The molecule has 0 atom stereocenters. The molecular weight excluding hydrogens is 503 g/mol. The largest absolute Gasteiger partial charge is 0.493 e. The molecule has 0 bridgehead atoms. The van der Waals surface area contributed by atoms with Crippen molar-refractivity contribution in [2.45, 2.75) is 12.8 Å². The highest BCUT2D eigenvalue weighted by Crippen LogP contribution is 2.32. The number of ether oxygens (including phenoxy) is 3. The number of nitrogens with zero attached hydrogens (tertiary/aromatic N) is 2. The van der Waals surface area contributed by atoms with Crippen molar-refractivity contribution >= 4 is 47.3 Å². The average Bonchev–Trinajstić information content (AvgIpc) is 2.92. The number of ketones is 1. The smallest absolute Gasteiger partial charge is 0.294 e. The molecule has 0 unspecified atom stereocenters. The van der Waals surface area contributed by atoms with E-state index in [1.165, 1.54) is 7.11 Å². The van der Waals surface area contributed by atoms with E-state index in [0.29, 0.717) is 65.5 Å². The molecule has 1 aliphatic rings. The van der Waals surface area contributed by atoms with Crippen LogP contribution in [-0.4, -0.2) is 75.5 Å². The molecule has 186 valence electrons. The maximum atomic E-state index is 12.8. The van der Waals surface area contributed by atoms with Crippen molar-refractivity contribution in [3.05, 3.63) is 51.5 Å². The van der Waals surface area contributed by atoms with Gasteiger partial charge in [0.05, 0.1) is 24.3 Å². The zero-order chi connectivity index (χ0) is 24.0. The third kappa shape index (κ3) is 6.92. The fourth-order valence-corrected chi connectivity index (χ4v) is 3.99. The quantitative estimate of drug-likeness (QED) is 0.423. The summed E-state index contributed by atoms with van der Waals surface area (Å²) in [6.07, 6.45) is 1.33. The highest BCUT2D eigenvalue weighted by molar-refractivity contribution is 6.43. The Morgan fingerprint density at radius 3 is 2.38 bits per heavy atom. The van der Waals surface area contributed by atoms with E-state index in [-0.39, 0.29) is 12.4 Å². The summed E-state index contributed by atoms with van der Waals surface area (Å²) >= 11 is 11.9. The molecule has 2 aromatic rings. The highest BCUT2D eigenvalue weighted by Gasteiger charge is 2.30. The maximum absolute atomic E-state index is 12.8. The number of benzene rings is 2. The lowest BCUT2D eigenvalue weighted by molar-refractivity contribution is -0.126. The second-order valence-corrected chi connectivity index (χ2v) is 8.63. The van der Waals surface area contributed by atoms with Crippen LogP contribution in [0.5, 0.6) is 17.2 Å². The molecule has 0 radical (unpaired) electrons. The van der Waals surface area contributed by atoms with Gasteiger partial charge >= 0.3 is 0 Å². The zero-order valence-electron chi connectivity index (χ0n) is 19.4. The first kappa shape index (κ1) is 28.1. The number of Topliss-reactive ketones (excluding diaryl/α,β-unsaturated/α-hetero) is 1. The standard InChI is InChI=1S/C24H28Cl2N2O5.ClH/c1-27(11-12-33-17-5-6-19(25)20(26)14-17)8-4-9-28-10-7-16-13-21(31-2)22(32-3)15-18(16)23(29)24(28)30;/h5-6,13-15H,4,7-12H2,1-3H3;1H. The lowest BCUT2D eigenvalue weighted by atomic mass is 10.0. The van der Waals surface area contributed by atoms with Gasteiger partial charge in [-0.3, -0.25) is 9.59 Å². The molecule has 0 N–H and O–H groups in total. The molecular formula is C24H29Cl3N2O5. The monoisotopic (exact) mass is 530 g/mol. The molecule has 0 aromatic heterocycles. The molecule has 0 saturated heterocycles. The predicted molar refractivity (Wildman–Crippen MR) is 135 cm³/mol. The Hall–Kier alpha value is -2.19. The first-order chi connectivity index (χ1) is 15.8. The molecule has 1 amide bonds. The molecule has 0 saturated carbocycles. The second kappa shape index (κ2) is 13.0. The van der Waals surface area contributed by atoms with Crippen LogP contribution in [0.4, 0.5) is 0 Å². The summed E-state index contributed by atoms with van der Waals surface area (Å²) in [6.45, 7) is 2.95. The van der Waals surface area contributed by atoms with Crippen molar-refractivity contribution in [3.63, 3.8) is 0 Å². The van der Waals surface area contributed by atoms with Gasteiger partial charge in [0.2, 0.25) is 0 Å². The van der Waals surface area contributed by atoms with Gasteiger partial charge in [-0.05, 0) is 56.3 Å². The predicted octanol–water partition coefficient (Wildman–Crippen LogP) is 4.40.